The van der Waals surface area contributed by atoms with Crippen LogP contribution < -0.4 is 19.1 Å². The molecule has 4 rings (SSSR count). The third-order valence-corrected chi connectivity index (χ3v) is 6.49. The van der Waals surface area contributed by atoms with Gasteiger partial charge in [0.15, 0.2) is 11.5 Å². The lowest BCUT2D eigenvalue weighted by Crippen LogP contribution is -2.29. The van der Waals surface area contributed by atoms with Crippen LogP contribution >= 0.6 is 11.3 Å². The first-order chi connectivity index (χ1) is 17.9. The van der Waals surface area contributed by atoms with Crippen molar-refractivity contribution in [3.8, 4) is 17.2 Å². The summed E-state index contributed by atoms with van der Waals surface area (Å²) in [7, 11) is 0. The van der Waals surface area contributed by atoms with Gasteiger partial charge in [0, 0.05) is 5.56 Å². The number of hydrogen-bond donors (Lipinski definition) is 1. The van der Waals surface area contributed by atoms with Gasteiger partial charge >= 0.3 is 5.91 Å². The zero-order valence-electron chi connectivity index (χ0n) is 21.2. The molecule has 10 heteroatoms. The number of aliphatic hydroxyl groups is 1. The lowest BCUT2D eigenvalue weighted by atomic mass is 9.95. The van der Waals surface area contributed by atoms with E-state index in [0.717, 1.165) is 6.42 Å². The number of carbonyl (C=O) groups excluding carboxylic acids is 2. The SMILES string of the molecule is CCCOc1ccc(C2/C(=C(\O)c3ccc(OCC)cc3)C(=O)C(=O)N2c2nnc(C)s2)cc1OCC. The summed E-state index contributed by atoms with van der Waals surface area (Å²) in [4.78, 5) is 27.9. The van der Waals surface area contributed by atoms with Crippen molar-refractivity contribution >= 4 is 33.9 Å². The third kappa shape index (κ3) is 5.29. The molecule has 1 aromatic heterocycles. The maximum absolute atomic E-state index is 13.3. The van der Waals surface area contributed by atoms with Crippen LogP contribution in [0.5, 0.6) is 17.2 Å². The average Bonchev–Trinajstić information content (AvgIpc) is 3.43. The molecule has 1 aliphatic heterocycles. The van der Waals surface area contributed by atoms with Crippen LogP contribution in [0.3, 0.4) is 0 Å². The maximum Gasteiger partial charge on any atom is 0.301 e. The molecule has 0 spiro atoms. The van der Waals surface area contributed by atoms with Crippen molar-refractivity contribution in [1.29, 1.82) is 0 Å². The Hall–Kier alpha value is -3.92. The van der Waals surface area contributed by atoms with Gasteiger partial charge in [-0.2, -0.15) is 0 Å². The highest BCUT2D eigenvalue weighted by atomic mass is 32.1. The van der Waals surface area contributed by atoms with Crippen molar-refractivity contribution in [2.75, 3.05) is 24.7 Å². The van der Waals surface area contributed by atoms with Crippen molar-refractivity contribution < 1.29 is 28.9 Å². The van der Waals surface area contributed by atoms with E-state index in [9.17, 15) is 14.7 Å². The standard InChI is InChI=1S/C27H29N3O6S/c1-5-14-36-20-13-10-18(15-21(20)35-7-3)23-22(24(31)17-8-11-19(12-9-17)34-6-2)25(32)26(33)30(23)27-29-28-16(4)37-27/h8-13,15,23,31H,5-7,14H2,1-4H3/b24-22+. The van der Waals surface area contributed by atoms with E-state index in [1.54, 1.807) is 49.4 Å². The number of aliphatic hydroxyl groups excluding tert-OH is 1. The second-order valence-corrected chi connectivity index (χ2v) is 9.38. The summed E-state index contributed by atoms with van der Waals surface area (Å²) in [5, 5.41) is 20.4. The predicted molar refractivity (Wildman–Crippen MR) is 140 cm³/mol. The number of carbonyl (C=O) groups is 2. The van der Waals surface area contributed by atoms with Crippen LogP contribution in [0.15, 0.2) is 48.0 Å². The number of rotatable bonds is 10. The summed E-state index contributed by atoms with van der Waals surface area (Å²) in [5.41, 5.74) is 0.895. The number of hydrogen-bond acceptors (Lipinski definition) is 9. The number of aromatic nitrogens is 2. The van der Waals surface area contributed by atoms with Crippen molar-refractivity contribution in [2.24, 2.45) is 0 Å². The molecule has 0 saturated carbocycles. The summed E-state index contributed by atoms with van der Waals surface area (Å²) in [6.07, 6.45) is 0.825. The Balaban J connectivity index is 1.88. The third-order valence-electron chi connectivity index (χ3n) is 5.65. The highest BCUT2D eigenvalue weighted by Gasteiger charge is 2.48. The topological polar surface area (TPSA) is 111 Å². The van der Waals surface area contributed by atoms with Crippen LogP contribution in [0.1, 0.15) is 49.4 Å². The van der Waals surface area contributed by atoms with E-state index in [1.165, 1.54) is 16.2 Å². The second-order valence-electron chi connectivity index (χ2n) is 8.22. The first-order valence-corrected chi connectivity index (χ1v) is 12.9. The maximum atomic E-state index is 13.3. The molecule has 0 bridgehead atoms. The number of ketones is 1. The minimum Gasteiger partial charge on any atom is -0.507 e. The van der Waals surface area contributed by atoms with Crippen molar-refractivity contribution in [3.05, 3.63) is 64.2 Å². The molecule has 1 unspecified atom stereocenters. The molecule has 37 heavy (non-hydrogen) atoms. The lowest BCUT2D eigenvalue weighted by molar-refractivity contribution is -0.132. The van der Waals surface area contributed by atoms with Crippen molar-refractivity contribution in [2.45, 2.75) is 40.2 Å². The molecule has 3 aromatic rings. The monoisotopic (exact) mass is 523 g/mol. The van der Waals surface area contributed by atoms with E-state index < -0.39 is 17.7 Å². The number of Topliss-reactive ketones (excluding diaryl/α,β-unsaturated/α-hetero) is 1. The summed E-state index contributed by atoms with van der Waals surface area (Å²) in [6, 6.07) is 11.0. The van der Waals surface area contributed by atoms with Gasteiger partial charge in [0.05, 0.1) is 31.4 Å². The lowest BCUT2D eigenvalue weighted by Gasteiger charge is -2.23. The van der Waals surface area contributed by atoms with E-state index in [4.69, 9.17) is 14.2 Å². The molecule has 1 atom stereocenters. The van der Waals surface area contributed by atoms with E-state index in [1.807, 2.05) is 20.8 Å². The van der Waals surface area contributed by atoms with Crippen LogP contribution in [0.4, 0.5) is 5.13 Å². The molecule has 0 aliphatic carbocycles. The summed E-state index contributed by atoms with van der Waals surface area (Å²) < 4.78 is 17.1. The quantitative estimate of drug-likeness (QED) is 0.223. The Labute approximate surface area is 219 Å². The van der Waals surface area contributed by atoms with Gasteiger partial charge in [-0.15, -0.1) is 10.2 Å². The van der Waals surface area contributed by atoms with Crippen LogP contribution in [0.2, 0.25) is 0 Å². The Kier molecular flexibility index (Phi) is 8.08. The number of aryl methyl sites for hydroxylation is 1. The first kappa shape index (κ1) is 26.2. The Morgan fingerprint density at radius 1 is 0.973 bits per heavy atom. The second kappa shape index (κ2) is 11.4. The number of nitrogens with zero attached hydrogens (tertiary/aromatic N) is 3. The van der Waals surface area contributed by atoms with Gasteiger partial charge in [-0.3, -0.25) is 14.5 Å². The molecule has 1 amide bonds. The average molecular weight is 524 g/mol. The number of benzene rings is 2. The fourth-order valence-corrected chi connectivity index (χ4v) is 4.77. The van der Waals surface area contributed by atoms with Gasteiger partial charge in [-0.05, 0) is 69.2 Å². The largest absolute Gasteiger partial charge is 0.507 e. The van der Waals surface area contributed by atoms with Crippen molar-refractivity contribution in [1.82, 2.24) is 10.2 Å². The fraction of sp³-hybridized carbons (Fsp3) is 0.333. The molecule has 1 saturated heterocycles. The normalized spacial score (nSPS) is 16.8. The first-order valence-electron chi connectivity index (χ1n) is 12.1. The predicted octanol–water partition coefficient (Wildman–Crippen LogP) is 5.06. The number of ether oxygens (including phenoxy) is 3. The smallest absolute Gasteiger partial charge is 0.301 e. The Bertz CT molecular complexity index is 1320. The Morgan fingerprint density at radius 3 is 2.32 bits per heavy atom. The van der Waals surface area contributed by atoms with Gasteiger partial charge in [-0.25, -0.2) is 0 Å². The molecule has 1 N–H and O–H groups in total. The number of amides is 1. The number of anilines is 1. The van der Waals surface area contributed by atoms with E-state index >= 15 is 0 Å². The van der Waals surface area contributed by atoms with Crippen LogP contribution in [-0.2, 0) is 9.59 Å². The van der Waals surface area contributed by atoms with E-state index in [-0.39, 0.29) is 16.5 Å². The van der Waals surface area contributed by atoms with E-state index in [2.05, 4.69) is 10.2 Å². The summed E-state index contributed by atoms with van der Waals surface area (Å²) in [5.74, 6) is -0.230. The van der Waals surface area contributed by atoms with Gasteiger partial charge in [0.2, 0.25) is 5.13 Å². The van der Waals surface area contributed by atoms with Crippen molar-refractivity contribution in [3.63, 3.8) is 0 Å². The highest BCUT2D eigenvalue weighted by molar-refractivity contribution is 7.15. The zero-order valence-corrected chi connectivity index (χ0v) is 22.0. The van der Waals surface area contributed by atoms with E-state index in [0.29, 0.717) is 53.2 Å². The molecule has 2 heterocycles. The zero-order chi connectivity index (χ0) is 26.5. The minimum absolute atomic E-state index is 0.0494. The molecule has 2 aromatic carbocycles. The Morgan fingerprint density at radius 2 is 1.70 bits per heavy atom. The molecule has 1 aliphatic rings. The fourth-order valence-electron chi connectivity index (χ4n) is 4.05. The van der Waals surface area contributed by atoms with Crippen LogP contribution in [0.25, 0.3) is 5.76 Å². The van der Waals surface area contributed by atoms with Gasteiger partial charge in [0.1, 0.15) is 16.5 Å². The van der Waals surface area contributed by atoms with Gasteiger partial charge in [0.25, 0.3) is 5.78 Å². The molecule has 1 fully saturated rings. The minimum atomic E-state index is -0.946. The van der Waals surface area contributed by atoms with Crippen LogP contribution in [0, 0.1) is 6.92 Å². The highest BCUT2D eigenvalue weighted by Crippen LogP contribution is 2.44. The molecular formula is C27H29N3O6S. The molecule has 194 valence electrons. The van der Waals surface area contributed by atoms with Crippen LogP contribution in [-0.4, -0.2) is 46.8 Å². The molecule has 0 radical (unpaired) electrons. The summed E-state index contributed by atoms with van der Waals surface area (Å²) in [6.45, 7) is 8.91. The van der Waals surface area contributed by atoms with Gasteiger partial charge in [-0.1, -0.05) is 24.3 Å². The summed E-state index contributed by atoms with van der Waals surface area (Å²) >= 11 is 1.19. The molecular weight excluding hydrogens is 494 g/mol. The molecule has 9 nitrogen and oxygen atoms in total. The van der Waals surface area contributed by atoms with Gasteiger partial charge < -0.3 is 19.3 Å².